The van der Waals surface area contributed by atoms with Crippen LogP contribution >= 0.6 is 0 Å². The van der Waals surface area contributed by atoms with Gasteiger partial charge >= 0.3 is 0 Å². The van der Waals surface area contributed by atoms with Gasteiger partial charge in [-0.25, -0.2) is 0 Å². The molecule has 2 fully saturated rings. The molecule has 0 bridgehead atoms. The third-order valence-electron chi connectivity index (χ3n) is 3.53. The van der Waals surface area contributed by atoms with Gasteiger partial charge in [-0.15, -0.1) is 0 Å². The topological polar surface area (TPSA) is 24.5 Å². The summed E-state index contributed by atoms with van der Waals surface area (Å²) in [5, 5.41) is 3.47. The molecule has 1 N–H and O–H groups in total. The second-order valence-corrected chi connectivity index (χ2v) is 4.67. The molecule has 2 rings (SSSR count). The summed E-state index contributed by atoms with van der Waals surface area (Å²) >= 11 is 0. The quantitative estimate of drug-likeness (QED) is 0.720. The lowest BCUT2D eigenvalue weighted by molar-refractivity contribution is -0.0572. The van der Waals surface area contributed by atoms with Crippen LogP contribution < -0.4 is 5.32 Å². The summed E-state index contributed by atoms with van der Waals surface area (Å²) in [6.45, 7) is 5.58. The Morgan fingerprint density at radius 2 is 2.29 bits per heavy atom. The van der Waals surface area contributed by atoms with Crippen LogP contribution in [0.15, 0.2) is 0 Å². The van der Waals surface area contributed by atoms with Gasteiger partial charge in [0.1, 0.15) is 0 Å². The van der Waals surface area contributed by atoms with Crippen molar-refractivity contribution in [3.8, 4) is 0 Å². The number of piperidine rings is 1. The molecule has 2 saturated heterocycles. The monoisotopic (exact) mass is 198 g/mol. The van der Waals surface area contributed by atoms with E-state index in [2.05, 4.69) is 17.3 Å². The Kier molecular flexibility index (Phi) is 3.79. The summed E-state index contributed by atoms with van der Waals surface area (Å²) in [5.41, 5.74) is 0. The van der Waals surface area contributed by atoms with E-state index >= 15 is 0 Å². The molecule has 0 amide bonds. The van der Waals surface area contributed by atoms with Gasteiger partial charge in [-0.3, -0.25) is 4.90 Å². The Morgan fingerprint density at radius 1 is 1.43 bits per heavy atom. The van der Waals surface area contributed by atoms with Crippen molar-refractivity contribution in [1.29, 1.82) is 0 Å². The fourth-order valence-electron chi connectivity index (χ4n) is 2.22. The molecule has 0 saturated carbocycles. The predicted molar refractivity (Wildman–Crippen MR) is 57.4 cm³/mol. The van der Waals surface area contributed by atoms with Gasteiger partial charge in [0.05, 0.1) is 19.3 Å². The number of ether oxygens (including phenoxy) is 1. The van der Waals surface area contributed by atoms with Gasteiger partial charge in [-0.1, -0.05) is 0 Å². The molecular weight excluding hydrogens is 176 g/mol. The first kappa shape index (κ1) is 10.4. The zero-order valence-electron chi connectivity index (χ0n) is 9.17. The minimum absolute atomic E-state index is 0.701. The smallest absolute Gasteiger partial charge is 0.0645 e. The van der Waals surface area contributed by atoms with E-state index in [0.29, 0.717) is 6.04 Å². The first-order valence-electron chi connectivity index (χ1n) is 5.85. The van der Waals surface area contributed by atoms with Crippen molar-refractivity contribution in [2.75, 3.05) is 39.9 Å². The summed E-state index contributed by atoms with van der Waals surface area (Å²) in [4.78, 5) is 2.46. The number of likely N-dealkylation sites (N-methyl/N-ethyl adjacent to an activating group) is 1. The largest absolute Gasteiger partial charge is 0.378 e. The Balaban J connectivity index is 1.60. The number of hydrogen-bond acceptors (Lipinski definition) is 3. The summed E-state index contributed by atoms with van der Waals surface area (Å²) in [5.74, 6) is 0.909. The van der Waals surface area contributed by atoms with Crippen LogP contribution in [0.4, 0.5) is 0 Å². The minimum atomic E-state index is 0.701. The third kappa shape index (κ3) is 2.69. The van der Waals surface area contributed by atoms with Crippen LogP contribution in [-0.2, 0) is 4.74 Å². The second-order valence-electron chi connectivity index (χ2n) is 4.67. The average molecular weight is 198 g/mol. The van der Waals surface area contributed by atoms with E-state index < -0.39 is 0 Å². The van der Waals surface area contributed by atoms with E-state index in [9.17, 15) is 0 Å². The molecule has 0 radical (unpaired) electrons. The van der Waals surface area contributed by atoms with Gasteiger partial charge < -0.3 is 10.1 Å². The van der Waals surface area contributed by atoms with Crippen LogP contribution in [-0.4, -0.2) is 50.8 Å². The molecule has 0 aromatic carbocycles. The van der Waals surface area contributed by atoms with Gasteiger partial charge in [0, 0.05) is 0 Å². The van der Waals surface area contributed by atoms with Gasteiger partial charge in [0.2, 0.25) is 0 Å². The molecule has 3 heteroatoms. The lowest BCUT2D eigenvalue weighted by Gasteiger charge is -2.35. The molecule has 1 atom stereocenters. The first-order chi connectivity index (χ1) is 6.86. The van der Waals surface area contributed by atoms with Crippen molar-refractivity contribution < 1.29 is 4.74 Å². The van der Waals surface area contributed by atoms with Crippen molar-refractivity contribution in [1.82, 2.24) is 10.2 Å². The van der Waals surface area contributed by atoms with Crippen molar-refractivity contribution >= 4 is 0 Å². The Hall–Kier alpha value is -0.120. The van der Waals surface area contributed by atoms with E-state index in [0.717, 1.165) is 19.1 Å². The molecular formula is C11H22N2O. The molecule has 3 nitrogen and oxygen atoms in total. The van der Waals surface area contributed by atoms with E-state index in [1.165, 1.54) is 38.9 Å². The second kappa shape index (κ2) is 5.10. The minimum Gasteiger partial charge on any atom is -0.378 e. The van der Waals surface area contributed by atoms with E-state index in [1.54, 1.807) is 0 Å². The zero-order valence-corrected chi connectivity index (χ0v) is 9.17. The predicted octanol–water partition coefficient (Wildman–Crippen LogP) is 0.707. The van der Waals surface area contributed by atoms with E-state index in [4.69, 9.17) is 4.74 Å². The fourth-order valence-corrected chi connectivity index (χ4v) is 2.22. The SMILES string of the molecule is CN(CCC1CCCNC1)C1COC1. The molecule has 2 heterocycles. The number of nitrogens with one attached hydrogen (secondary N) is 1. The standard InChI is InChI=1S/C11H22N2O/c1-13(11-8-14-9-11)6-4-10-3-2-5-12-7-10/h10-12H,2-9H2,1H3. The van der Waals surface area contributed by atoms with Crippen molar-refractivity contribution in [2.45, 2.75) is 25.3 Å². The molecule has 2 aliphatic heterocycles. The van der Waals surface area contributed by atoms with Crippen LogP contribution in [0.5, 0.6) is 0 Å². The molecule has 0 spiro atoms. The first-order valence-corrected chi connectivity index (χ1v) is 5.85. The van der Waals surface area contributed by atoms with Crippen molar-refractivity contribution in [3.63, 3.8) is 0 Å². The Bertz CT molecular complexity index is 163. The molecule has 0 aromatic rings. The molecule has 14 heavy (non-hydrogen) atoms. The summed E-state index contributed by atoms with van der Waals surface area (Å²) in [6, 6.07) is 0.701. The maximum absolute atomic E-state index is 5.19. The number of nitrogens with zero attached hydrogens (tertiary/aromatic N) is 1. The highest BCUT2D eigenvalue weighted by molar-refractivity contribution is 4.76. The van der Waals surface area contributed by atoms with Gasteiger partial charge in [-0.2, -0.15) is 0 Å². The average Bonchev–Trinajstić information content (AvgIpc) is 2.14. The van der Waals surface area contributed by atoms with Gasteiger partial charge in [0.15, 0.2) is 0 Å². The zero-order chi connectivity index (χ0) is 9.80. The summed E-state index contributed by atoms with van der Waals surface area (Å²) in [7, 11) is 2.23. The van der Waals surface area contributed by atoms with Crippen molar-refractivity contribution in [3.05, 3.63) is 0 Å². The Labute approximate surface area is 86.8 Å². The molecule has 2 aliphatic rings. The van der Waals surface area contributed by atoms with Crippen molar-refractivity contribution in [2.24, 2.45) is 5.92 Å². The van der Waals surface area contributed by atoms with E-state index in [-0.39, 0.29) is 0 Å². The number of rotatable bonds is 4. The maximum atomic E-state index is 5.19. The highest BCUT2D eigenvalue weighted by atomic mass is 16.5. The van der Waals surface area contributed by atoms with Crippen LogP contribution in [0.25, 0.3) is 0 Å². The molecule has 82 valence electrons. The lowest BCUT2D eigenvalue weighted by atomic mass is 9.96. The third-order valence-corrected chi connectivity index (χ3v) is 3.53. The molecule has 1 unspecified atom stereocenters. The Morgan fingerprint density at radius 3 is 2.86 bits per heavy atom. The van der Waals surface area contributed by atoms with E-state index in [1.807, 2.05) is 0 Å². The van der Waals surface area contributed by atoms with Crippen LogP contribution in [0.3, 0.4) is 0 Å². The normalized spacial score (nSPS) is 29.1. The fraction of sp³-hybridized carbons (Fsp3) is 1.00. The molecule has 0 aromatic heterocycles. The van der Waals surface area contributed by atoms with Crippen LogP contribution in [0.2, 0.25) is 0 Å². The highest BCUT2D eigenvalue weighted by Crippen LogP contribution is 2.16. The lowest BCUT2D eigenvalue weighted by Crippen LogP contribution is -2.47. The van der Waals surface area contributed by atoms with Crippen LogP contribution in [0.1, 0.15) is 19.3 Å². The maximum Gasteiger partial charge on any atom is 0.0645 e. The summed E-state index contributed by atoms with van der Waals surface area (Å²) < 4.78 is 5.19. The number of hydrogen-bond donors (Lipinski definition) is 1. The highest BCUT2D eigenvalue weighted by Gasteiger charge is 2.23. The molecule has 0 aliphatic carbocycles. The van der Waals surface area contributed by atoms with Gasteiger partial charge in [0.25, 0.3) is 0 Å². The van der Waals surface area contributed by atoms with Crippen LogP contribution in [0, 0.1) is 5.92 Å². The van der Waals surface area contributed by atoms with Gasteiger partial charge in [-0.05, 0) is 51.9 Å². The summed E-state index contributed by atoms with van der Waals surface area (Å²) in [6.07, 6.45) is 4.13.